The predicted octanol–water partition coefficient (Wildman–Crippen LogP) is 2.95. The van der Waals surface area contributed by atoms with E-state index in [1.54, 1.807) is 12.1 Å². The first kappa shape index (κ1) is 12.3. The number of hydrogen-bond acceptors (Lipinski definition) is 4. The Morgan fingerprint density at radius 1 is 1.41 bits per heavy atom. The van der Waals surface area contributed by atoms with Crippen molar-refractivity contribution in [3.05, 3.63) is 32.8 Å². The molecule has 1 aliphatic rings. The summed E-state index contributed by atoms with van der Waals surface area (Å²) in [6.07, 6.45) is 1.76. The van der Waals surface area contributed by atoms with Crippen LogP contribution in [-0.4, -0.2) is 24.2 Å². The number of hydrogen-bond donors (Lipinski definition) is 1. The molecule has 0 amide bonds. The first-order valence-electron chi connectivity index (χ1n) is 5.45. The number of nitrogens with one attached hydrogen (secondary N) is 1. The van der Waals surface area contributed by atoms with Gasteiger partial charge in [-0.2, -0.15) is 0 Å². The second-order valence-electron chi connectivity index (χ2n) is 3.95. The molecule has 1 heterocycles. The molecule has 92 valence electrons. The molecule has 1 fully saturated rings. The molecule has 1 aliphatic heterocycles. The number of rotatable bonds is 3. The van der Waals surface area contributed by atoms with Crippen LogP contribution in [0.3, 0.4) is 0 Å². The molecule has 0 unspecified atom stereocenters. The molecule has 0 radical (unpaired) electrons. The number of anilines is 1. The van der Waals surface area contributed by atoms with E-state index in [1.165, 1.54) is 6.07 Å². The minimum Gasteiger partial charge on any atom is -0.381 e. The highest BCUT2D eigenvalue weighted by atomic mass is 79.9. The molecule has 1 aromatic rings. The minimum atomic E-state index is -0.367. The summed E-state index contributed by atoms with van der Waals surface area (Å²) in [5.74, 6) is 0. The van der Waals surface area contributed by atoms with Crippen LogP contribution in [0.5, 0.6) is 0 Å². The summed E-state index contributed by atoms with van der Waals surface area (Å²) in [5, 5.41) is 14.1. The maximum absolute atomic E-state index is 10.9. The van der Waals surface area contributed by atoms with Crippen LogP contribution >= 0.6 is 15.9 Å². The van der Waals surface area contributed by atoms with Gasteiger partial charge in [0.25, 0.3) is 5.69 Å². The Labute approximate surface area is 107 Å². The van der Waals surface area contributed by atoms with Crippen molar-refractivity contribution in [2.45, 2.75) is 18.9 Å². The Balaban J connectivity index is 2.17. The summed E-state index contributed by atoms with van der Waals surface area (Å²) in [5.41, 5.74) is 0.677. The highest BCUT2D eigenvalue weighted by Gasteiger charge is 2.19. The summed E-state index contributed by atoms with van der Waals surface area (Å²) in [7, 11) is 0. The molecule has 5 nitrogen and oxygen atoms in total. The zero-order valence-corrected chi connectivity index (χ0v) is 10.8. The molecule has 0 saturated carbocycles. The average molecular weight is 301 g/mol. The fourth-order valence-electron chi connectivity index (χ4n) is 1.84. The fourth-order valence-corrected chi connectivity index (χ4v) is 2.21. The van der Waals surface area contributed by atoms with Crippen LogP contribution in [0.25, 0.3) is 0 Å². The Bertz CT molecular complexity index is 419. The molecule has 6 heteroatoms. The Hall–Kier alpha value is -1.14. The molecule has 0 aliphatic carbocycles. The van der Waals surface area contributed by atoms with Gasteiger partial charge in [-0.05, 0) is 25.0 Å². The summed E-state index contributed by atoms with van der Waals surface area (Å²) >= 11 is 3.32. The van der Waals surface area contributed by atoms with Crippen LogP contribution in [0.2, 0.25) is 0 Å². The van der Waals surface area contributed by atoms with E-state index >= 15 is 0 Å². The second-order valence-corrected chi connectivity index (χ2v) is 4.87. The van der Waals surface area contributed by atoms with E-state index in [9.17, 15) is 10.1 Å². The van der Waals surface area contributed by atoms with Crippen molar-refractivity contribution in [1.29, 1.82) is 0 Å². The van der Waals surface area contributed by atoms with Gasteiger partial charge in [0.2, 0.25) is 0 Å². The third-order valence-electron chi connectivity index (χ3n) is 2.74. The highest BCUT2D eigenvalue weighted by Crippen LogP contribution is 2.29. The number of nitro benzene ring substituents is 1. The molecule has 0 bridgehead atoms. The van der Waals surface area contributed by atoms with E-state index in [-0.39, 0.29) is 16.7 Å². The third-order valence-corrected chi connectivity index (χ3v) is 3.23. The van der Waals surface area contributed by atoms with Crippen molar-refractivity contribution in [3.8, 4) is 0 Å². The van der Waals surface area contributed by atoms with Crippen LogP contribution in [0.4, 0.5) is 11.4 Å². The van der Waals surface area contributed by atoms with Gasteiger partial charge in [0.05, 0.1) is 4.92 Å². The normalized spacial score (nSPS) is 16.8. The lowest BCUT2D eigenvalue weighted by Crippen LogP contribution is -2.28. The van der Waals surface area contributed by atoms with E-state index in [0.717, 1.165) is 17.3 Å². The standard InChI is InChI=1S/C11H13BrN2O3/c12-8-1-2-11(14(15)16)10(7-8)13-9-3-5-17-6-4-9/h1-2,7,9,13H,3-6H2. The van der Waals surface area contributed by atoms with Gasteiger partial charge >= 0.3 is 0 Å². The van der Waals surface area contributed by atoms with Crippen LogP contribution in [0.15, 0.2) is 22.7 Å². The van der Waals surface area contributed by atoms with E-state index in [2.05, 4.69) is 21.2 Å². The molecule has 1 N–H and O–H groups in total. The van der Waals surface area contributed by atoms with Crippen LogP contribution < -0.4 is 5.32 Å². The van der Waals surface area contributed by atoms with Crippen LogP contribution in [0, 0.1) is 10.1 Å². The number of nitrogens with zero attached hydrogens (tertiary/aromatic N) is 1. The first-order chi connectivity index (χ1) is 8.16. The molecular formula is C11H13BrN2O3. The quantitative estimate of drug-likeness (QED) is 0.688. The Morgan fingerprint density at radius 2 is 2.12 bits per heavy atom. The van der Waals surface area contributed by atoms with Crippen molar-refractivity contribution < 1.29 is 9.66 Å². The molecule has 1 saturated heterocycles. The van der Waals surface area contributed by atoms with Crippen molar-refractivity contribution >= 4 is 27.3 Å². The average Bonchev–Trinajstić information content (AvgIpc) is 2.30. The van der Waals surface area contributed by atoms with Gasteiger partial charge in [0.1, 0.15) is 5.69 Å². The molecule has 2 rings (SSSR count). The molecule has 0 spiro atoms. The maximum Gasteiger partial charge on any atom is 0.292 e. The van der Waals surface area contributed by atoms with Gasteiger partial charge < -0.3 is 10.1 Å². The van der Waals surface area contributed by atoms with E-state index in [4.69, 9.17) is 4.74 Å². The van der Waals surface area contributed by atoms with Gasteiger partial charge in [-0.15, -0.1) is 0 Å². The SMILES string of the molecule is O=[N+]([O-])c1ccc(Br)cc1NC1CCOCC1. The number of benzene rings is 1. The lowest BCUT2D eigenvalue weighted by Gasteiger charge is -2.24. The van der Waals surface area contributed by atoms with Gasteiger partial charge in [-0.1, -0.05) is 15.9 Å². The lowest BCUT2D eigenvalue weighted by atomic mass is 10.1. The maximum atomic E-state index is 10.9. The summed E-state index contributed by atoms with van der Waals surface area (Å²) in [6, 6.07) is 5.17. The largest absolute Gasteiger partial charge is 0.381 e. The second kappa shape index (κ2) is 5.46. The lowest BCUT2D eigenvalue weighted by molar-refractivity contribution is -0.384. The molecule has 1 aromatic carbocycles. The molecule has 17 heavy (non-hydrogen) atoms. The third kappa shape index (κ3) is 3.17. The zero-order chi connectivity index (χ0) is 12.3. The van der Waals surface area contributed by atoms with Crippen molar-refractivity contribution in [2.75, 3.05) is 18.5 Å². The molecular weight excluding hydrogens is 288 g/mol. The minimum absolute atomic E-state index is 0.111. The Morgan fingerprint density at radius 3 is 2.76 bits per heavy atom. The monoisotopic (exact) mass is 300 g/mol. The Kier molecular flexibility index (Phi) is 3.96. The number of ether oxygens (including phenoxy) is 1. The van der Waals surface area contributed by atoms with Crippen LogP contribution in [0.1, 0.15) is 12.8 Å². The van der Waals surface area contributed by atoms with Gasteiger partial charge in [0.15, 0.2) is 0 Å². The van der Waals surface area contributed by atoms with Crippen molar-refractivity contribution in [2.24, 2.45) is 0 Å². The summed E-state index contributed by atoms with van der Waals surface area (Å²) in [4.78, 5) is 10.5. The molecule has 0 aromatic heterocycles. The number of nitro groups is 1. The van der Waals surface area contributed by atoms with Crippen molar-refractivity contribution in [1.82, 2.24) is 0 Å². The fraction of sp³-hybridized carbons (Fsp3) is 0.455. The zero-order valence-electron chi connectivity index (χ0n) is 9.19. The topological polar surface area (TPSA) is 64.4 Å². The van der Waals surface area contributed by atoms with Crippen molar-refractivity contribution in [3.63, 3.8) is 0 Å². The predicted molar refractivity (Wildman–Crippen MR) is 68.3 cm³/mol. The number of halogens is 1. The summed E-state index contributed by atoms with van der Waals surface area (Å²) in [6.45, 7) is 1.42. The summed E-state index contributed by atoms with van der Waals surface area (Å²) < 4.78 is 6.09. The van der Waals surface area contributed by atoms with E-state index < -0.39 is 0 Å². The highest BCUT2D eigenvalue weighted by molar-refractivity contribution is 9.10. The van der Waals surface area contributed by atoms with Crippen LogP contribution in [-0.2, 0) is 4.74 Å². The smallest absolute Gasteiger partial charge is 0.292 e. The van der Waals surface area contributed by atoms with Gasteiger partial charge in [-0.25, -0.2) is 0 Å². The van der Waals surface area contributed by atoms with Gasteiger partial charge in [-0.3, -0.25) is 10.1 Å². The van der Waals surface area contributed by atoms with E-state index in [0.29, 0.717) is 18.9 Å². The molecule has 0 atom stereocenters. The van der Waals surface area contributed by atoms with E-state index in [1.807, 2.05) is 0 Å². The van der Waals surface area contributed by atoms with Gasteiger partial charge in [0, 0.05) is 29.8 Å². The first-order valence-corrected chi connectivity index (χ1v) is 6.24.